The normalized spacial score (nSPS) is 11.1. The maximum Gasteiger partial charge on any atom is 0.262 e. The Kier molecular flexibility index (Phi) is 5.06. The fourth-order valence-corrected chi connectivity index (χ4v) is 3.49. The predicted octanol–water partition coefficient (Wildman–Crippen LogP) is 3.76. The van der Waals surface area contributed by atoms with E-state index in [4.69, 9.17) is 11.6 Å². The first-order chi connectivity index (χ1) is 11.6. The summed E-state index contributed by atoms with van der Waals surface area (Å²) in [6.45, 7) is 2.56. The Labute approximate surface area is 148 Å². The van der Waals surface area contributed by atoms with E-state index in [-0.39, 0.29) is 17.1 Å². The molecule has 7 heteroatoms. The maximum absolute atomic E-state index is 12.7. The number of benzene rings is 1. The van der Waals surface area contributed by atoms with E-state index in [1.165, 1.54) is 11.8 Å². The number of nitrogens with one attached hydrogen (secondary N) is 1. The van der Waals surface area contributed by atoms with Gasteiger partial charge in [-0.3, -0.25) is 14.2 Å². The molecule has 0 aliphatic carbocycles. The fraction of sp³-hybridized carbons (Fsp3) is 0.235. The van der Waals surface area contributed by atoms with Crippen molar-refractivity contribution in [1.82, 2.24) is 14.5 Å². The minimum atomic E-state index is -0.103. The van der Waals surface area contributed by atoms with Crippen LogP contribution in [0, 0.1) is 0 Å². The van der Waals surface area contributed by atoms with E-state index in [1.807, 2.05) is 6.92 Å². The van der Waals surface area contributed by atoms with E-state index >= 15 is 0 Å². The van der Waals surface area contributed by atoms with Gasteiger partial charge in [0.2, 0.25) is 0 Å². The van der Waals surface area contributed by atoms with Crippen LogP contribution >= 0.6 is 23.4 Å². The summed E-state index contributed by atoms with van der Waals surface area (Å²) in [5, 5.41) is 1.60. The lowest BCUT2D eigenvalue weighted by molar-refractivity contribution is 0.101. The molecule has 0 saturated carbocycles. The van der Waals surface area contributed by atoms with Gasteiger partial charge in [-0.2, -0.15) is 0 Å². The molecule has 0 radical (unpaired) electrons. The van der Waals surface area contributed by atoms with Crippen LogP contribution in [-0.2, 0) is 6.54 Å². The van der Waals surface area contributed by atoms with E-state index < -0.39 is 0 Å². The van der Waals surface area contributed by atoms with Crippen molar-refractivity contribution in [3.05, 3.63) is 57.6 Å². The second-order valence-electron chi connectivity index (χ2n) is 5.31. The van der Waals surface area contributed by atoms with Crippen LogP contribution in [0.1, 0.15) is 23.8 Å². The molecule has 0 unspecified atom stereocenters. The van der Waals surface area contributed by atoms with E-state index in [9.17, 15) is 9.59 Å². The van der Waals surface area contributed by atoms with Crippen LogP contribution in [0.25, 0.3) is 10.9 Å². The smallest absolute Gasteiger partial charge is 0.262 e. The van der Waals surface area contributed by atoms with Crippen molar-refractivity contribution in [3.63, 3.8) is 0 Å². The van der Waals surface area contributed by atoms with E-state index in [0.29, 0.717) is 33.3 Å². The summed E-state index contributed by atoms with van der Waals surface area (Å²) in [7, 11) is 0. The molecule has 24 heavy (non-hydrogen) atoms. The van der Waals surface area contributed by atoms with Crippen molar-refractivity contribution in [2.24, 2.45) is 0 Å². The van der Waals surface area contributed by atoms with Gasteiger partial charge in [0.05, 0.1) is 22.3 Å². The number of nitrogens with zero attached hydrogens (tertiary/aromatic N) is 2. The van der Waals surface area contributed by atoms with Crippen molar-refractivity contribution in [2.75, 3.05) is 5.75 Å². The van der Waals surface area contributed by atoms with Crippen molar-refractivity contribution in [3.8, 4) is 0 Å². The molecule has 2 aromatic heterocycles. The van der Waals surface area contributed by atoms with Gasteiger partial charge in [-0.05, 0) is 36.8 Å². The largest absolute Gasteiger partial charge is 0.359 e. The monoisotopic (exact) mass is 361 g/mol. The van der Waals surface area contributed by atoms with Gasteiger partial charge in [0.25, 0.3) is 5.56 Å². The van der Waals surface area contributed by atoms with Crippen LogP contribution in [0.2, 0.25) is 5.02 Å². The molecule has 0 spiro atoms. The first-order valence-electron chi connectivity index (χ1n) is 7.59. The number of carbonyl (C=O) groups is 1. The number of halogens is 1. The lowest BCUT2D eigenvalue weighted by Crippen LogP contribution is -2.23. The second-order valence-corrected chi connectivity index (χ2v) is 6.69. The molecule has 0 aliphatic heterocycles. The van der Waals surface area contributed by atoms with Crippen LogP contribution in [0.5, 0.6) is 0 Å². The van der Waals surface area contributed by atoms with Gasteiger partial charge in [-0.1, -0.05) is 30.3 Å². The van der Waals surface area contributed by atoms with Gasteiger partial charge in [-0.15, -0.1) is 0 Å². The number of hydrogen-bond acceptors (Lipinski definition) is 4. The van der Waals surface area contributed by atoms with Crippen molar-refractivity contribution in [2.45, 2.75) is 25.0 Å². The van der Waals surface area contributed by atoms with E-state index in [0.717, 1.165) is 6.42 Å². The minimum absolute atomic E-state index is 0.0338. The highest BCUT2D eigenvalue weighted by Gasteiger charge is 2.14. The summed E-state index contributed by atoms with van der Waals surface area (Å²) in [5.41, 5.74) is 0.999. The third-order valence-electron chi connectivity index (χ3n) is 3.56. The van der Waals surface area contributed by atoms with Crippen molar-refractivity contribution in [1.29, 1.82) is 0 Å². The summed E-state index contributed by atoms with van der Waals surface area (Å²) in [6, 6.07) is 8.56. The van der Waals surface area contributed by atoms with Crippen LogP contribution in [0.15, 0.2) is 46.5 Å². The number of H-pyrrole nitrogens is 1. The summed E-state index contributed by atoms with van der Waals surface area (Å²) in [5.74, 6) is 0.177. The molecule has 1 N–H and O–H groups in total. The molecule has 0 bridgehead atoms. The summed E-state index contributed by atoms with van der Waals surface area (Å²) < 4.78 is 1.63. The first kappa shape index (κ1) is 16.8. The molecule has 5 nitrogen and oxygen atoms in total. The number of ketones is 1. The topological polar surface area (TPSA) is 67.8 Å². The highest BCUT2D eigenvalue weighted by Crippen LogP contribution is 2.21. The van der Waals surface area contributed by atoms with Gasteiger partial charge in [0.1, 0.15) is 0 Å². The molecule has 0 aliphatic rings. The van der Waals surface area contributed by atoms with Crippen molar-refractivity contribution >= 4 is 40.0 Å². The number of Topliss-reactive ketones (excluding diaryl/α,β-unsaturated/α-hetero) is 1. The highest BCUT2D eigenvalue weighted by atomic mass is 35.5. The number of fused-ring (bicyclic) bond motifs is 1. The molecule has 2 heterocycles. The molecule has 0 fully saturated rings. The van der Waals surface area contributed by atoms with Gasteiger partial charge in [0.15, 0.2) is 10.9 Å². The van der Waals surface area contributed by atoms with Crippen LogP contribution in [-0.4, -0.2) is 26.1 Å². The van der Waals surface area contributed by atoms with Gasteiger partial charge < -0.3 is 4.98 Å². The van der Waals surface area contributed by atoms with E-state index in [1.54, 1.807) is 41.1 Å². The van der Waals surface area contributed by atoms with Crippen molar-refractivity contribution < 1.29 is 4.79 Å². The number of aromatic amines is 1. The lowest BCUT2D eigenvalue weighted by Gasteiger charge is -2.12. The zero-order valence-electron chi connectivity index (χ0n) is 13.1. The third kappa shape index (κ3) is 3.39. The SMILES string of the molecule is CCCn1c(SCC(=O)c2ccc[nH]2)nc2cc(Cl)ccc2c1=O. The van der Waals surface area contributed by atoms with Gasteiger partial charge in [-0.25, -0.2) is 4.98 Å². The number of thioether (sulfide) groups is 1. The Morgan fingerprint density at radius 2 is 2.21 bits per heavy atom. The highest BCUT2D eigenvalue weighted by molar-refractivity contribution is 7.99. The van der Waals surface area contributed by atoms with Gasteiger partial charge in [0, 0.05) is 17.8 Å². The Hall–Kier alpha value is -2.05. The number of carbonyl (C=O) groups excluding carboxylic acids is 1. The van der Waals surface area contributed by atoms with Crippen LogP contribution < -0.4 is 5.56 Å². The first-order valence-corrected chi connectivity index (χ1v) is 8.96. The molecule has 124 valence electrons. The third-order valence-corrected chi connectivity index (χ3v) is 4.77. The molecule has 0 amide bonds. The summed E-state index contributed by atoms with van der Waals surface area (Å²) in [6.07, 6.45) is 2.51. The number of rotatable bonds is 6. The van der Waals surface area contributed by atoms with Gasteiger partial charge >= 0.3 is 0 Å². The number of hydrogen-bond donors (Lipinski definition) is 1. The Morgan fingerprint density at radius 3 is 2.92 bits per heavy atom. The van der Waals surface area contributed by atoms with E-state index in [2.05, 4.69) is 9.97 Å². The van der Waals surface area contributed by atoms with Crippen LogP contribution in [0.4, 0.5) is 0 Å². The molecule has 3 rings (SSSR count). The van der Waals surface area contributed by atoms with Crippen LogP contribution in [0.3, 0.4) is 0 Å². The molecular weight excluding hydrogens is 346 g/mol. The Morgan fingerprint density at radius 1 is 1.38 bits per heavy atom. The molecule has 3 aromatic rings. The molecule has 0 saturated heterocycles. The molecular formula is C17H16ClN3O2S. The quantitative estimate of drug-likeness (QED) is 0.412. The average molecular weight is 362 g/mol. The predicted molar refractivity (Wildman–Crippen MR) is 97.2 cm³/mol. The second kappa shape index (κ2) is 7.23. The molecule has 1 aromatic carbocycles. The Balaban J connectivity index is 1.97. The molecule has 0 atom stereocenters. The fourth-order valence-electron chi connectivity index (χ4n) is 2.42. The maximum atomic E-state index is 12.7. The average Bonchev–Trinajstić information content (AvgIpc) is 3.10. The standard InChI is InChI=1S/C17H16ClN3O2S/c1-2-8-21-16(23)12-6-5-11(18)9-14(12)20-17(21)24-10-15(22)13-4-3-7-19-13/h3-7,9,19H,2,8,10H2,1H3. The summed E-state index contributed by atoms with van der Waals surface area (Å²) >= 11 is 7.27. The zero-order chi connectivity index (χ0) is 17.1. The number of aromatic nitrogens is 3. The Bertz CT molecular complexity index is 935. The summed E-state index contributed by atoms with van der Waals surface area (Å²) in [4.78, 5) is 32.3. The minimum Gasteiger partial charge on any atom is -0.359 e. The lowest BCUT2D eigenvalue weighted by atomic mass is 10.2. The zero-order valence-corrected chi connectivity index (χ0v) is 14.7.